The summed E-state index contributed by atoms with van der Waals surface area (Å²) >= 11 is 0. The number of nitrogens with one attached hydrogen (secondary N) is 1. The van der Waals surface area contributed by atoms with Gasteiger partial charge >= 0.3 is 0 Å². The second-order valence-electron chi connectivity index (χ2n) is 6.00. The summed E-state index contributed by atoms with van der Waals surface area (Å²) in [7, 11) is 0. The molecule has 0 aliphatic carbocycles. The average molecular weight is 274 g/mol. The van der Waals surface area contributed by atoms with Crippen LogP contribution in [-0.4, -0.2) is 30.6 Å². The van der Waals surface area contributed by atoms with E-state index in [2.05, 4.69) is 54.4 Å². The van der Waals surface area contributed by atoms with E-state index >= 15 is 0 Å². The Balaban J connectivity index is 1.96. The van der Waals surface area contributed by atoms with Gasteiger partial charge in [-0.1, -0.05) is 63.4 Å². The van der Waals surface area contributed by atoms with Crippen molar-refractivity contribution in [2.45, 2.75) is 58.0 Å². The van der Waals surface area contributed by atoms with E-state index in [-0.39, 0.29) is 0 Å². The molecule has 2 atom stereocenters. The Morgan fingerprint density at radius 1 is 1.10 bits per heavy atom. The smallest absolute Gasteiger partial charge is 0.0473 e. The van der Waals surface area contributed by atoms with Gasteiger partial charge < -0.3 is 5.32 Å². The molecule has 1 aromatic rings. The molecule has 0 bridgehead atoms. The van der Waals surface area contributed by atoms with Crippen LogP contribution in [0.3, 0.4) is 0 Å². The zero-order valence-electron chi connectivity index (χ0n) is 13.1. The summed E-state index contributed by atoms with van der Waals surface area (Å²) in [4.78, 5) is 2.70. The number of rotatable bonds is 7. The fourth-order valence-corrected chi connectivity index (χ4v) is 3.15. The standard InChI is InChI=1S/C18H30N2/c1-3-5-6-10-13-20-15-17(4-2)19-14-18(20)16-11-8-7-9-12-16/h7-9,11-12,17-19H,3-6,10,13-15H2,1-2H3. The summed E-state index contributed by atoms with van der Waals surface area (Å²) in [5, 5.41) is 3.71. The molecule has 2 heteroatoms. The van der Waals surface area contributed by atoms with Crippen molar-refractivity contribution in [2.24, 2.45) is 0 Å². The molecule has 0 spiro atoms. The van der Waals surface area contributed by atoms with Gasteiger partial charge in [0.25, 0.3) is 0 Å². The topological polar surface area (TPSA) is 15.3 Å². The molecule has 0 radical (unpaired) electrons. The van der Waals surface area contributed by atoms with E-state index in [1.54, 1.807) is 0 Å². The van der Waals surface area contributed by atoms with Gasteiger partial charge in [0.2, 0.25) is 0 Å². The molecule has 2 rings (SSSR count). The van der Waals surface area contributed by atoms with Crippen molar-refractivity contribution >= 4 is 0 Å². The zero-order chi connectivity index (χ0) is 14.2. The van der Waals surface area contributed by atoms with Crippen molar-refractivity contribution in [1.82, 2.24) is 10.2 Å². The Bertz CT molecular complexity index is 363. The molecule has 1 aliphatic heterocycles. The third-order valence-electron chi connectivity index (χ3n) is 4.47. The summed E-state index contributed by atoms with van der Waals surface area (Å²) < 4.78 is 0. The average Bonchev–Trinajstić information content (AvgIpc) is 2.52. The van der Waals surface area contributed by atoms with Crippen molar-refractivity contribution in [3.05, 3.63) is 35.9 Å². The fourth-order valence-electron chi connectivity index (χ4n) is 3.15. The Hall–Kier alpha value is -0.860. The Labute approximate surface area is 124 Å². The third kappa shape index (κ3) is 4.32. The summed E-state index contributed by atoms with van der Waals surface area (Å²) in [6.07, 6.45) is 6.64. The van der Waals surface area contributed by atoms with E-state index < -0.39 is 0 Å². The molecule has 1 saturated heterocycles. The molecule has 0 amide bonds. The lowest BCUT2D eigenvalue weighted by Crippen LogP contribution is -2.52. The number of hydrogen-bond acceptors (Lipinski definition) is 2. The van der Waals surface area contributed by atoms with Crippen molar-refractivity contribution < 1.29 is 0 Å². The first-order chi connectivity index (χ1) is 9.85. The van der Waals surface area contributed by atoms with Gasteiger partial charge in [0.1, 0.15) is 0 Å². The molecule has 1 fully saturated rings. The quantitative estimate of drug-likeness (QED) is 0.756. The van der Waals surface area contributed by atoms with Crippen LogP contribution in [0.15, 0.2) is 30.3 Å². The van der Waals surface area contributed by atoms with Gasteiger partial charge in [0.05, 0.1) is 0 Å². The third-order valence-corrected chi connectivity index (χ3v) is 4.47. The maximum absolute atomic E-state index is 3.71. The van der Waals surface area contributed by atoms with Crippen LogP contribution >= 0.6 is 0 Å². The maximum Gasteiger partial charge on any atom is 0.0473 e. The van der Waals surface area contributed by atoms with Gasteiger partial charge in [0, 0.05) is 25.2 Å². The van der Waals surface area contributed by atoms with E-state index in [1.807, 2.05) is 0 Å². The minimum Gasteiger partial charge on any atom is -0.311 e. The molecular formula is C18H30N2. The van der Waals surface area contributed by atoms with E-state index in [9.17, 15) is 0 Å². The van der Waals surface area contributed by atoms with E-state index in [4.69, 9.17) is 0 Å². The molecular weight excluding hydrogens is 244 g/mol. The first kappa shape index (κ1) is 15.5. The second-order valence-corrected chi connectivity index (χ2v) is 6.00. The maximum atomic E-state index is 3.71. The van der Waals surface area contributed by atoms with Crippen molar-refractivity contribution in [2.75, 3.05) is 19.6 Å². The lowest BCUT2D eigenvalue weighted by atomic mass is 9.99. The van der Waals surface area contributed by atoms with Crippen LogP contribution in [0.4, 0.5) is 0 Å². The van der Waals surface area contributed by atoms with Crippen LogP contribution < -0.4 is 5.32 Å². The Kier molecular flexibility index (Phi) is 6.55. The van der Waals surface area contributed by atoms with E-state index in [1.165, 1.54) is 50.8 Å². The highest BCUT2D eigenvalue weighted by molar-refractivity contribution is 5.20. The number of nitrogens with zero attached hydrogens (tertiary/aromatic N) is 1. The number of piperazine rings is 1. The molecule has 0 aromatic heterocycles. The zero-order valence-corrected chi connectivity index (χ0v) is 13.1. The number of unbranched alkanes of at least 4 members (excludes halogenated alkanes) is 3. The lowest BCUT2D eigenvalue weighted by Gasteiger charge is -2.40. The molecule has 2 nitrogen and oxygen atoms in total. The first-order valence-electron chi connectivity index (χ1n) is 8.37. The van der Waals surface area contributed by atoms with Gasteiger partial charge in [-0.15, -0.1) is 0 Å². The second kappa shape index (κ2) is 8.43. The van der Waals surface area contributed by atoms with Crippen molar-refractivity contribution in [1.29, 1.82) is 0 Å². The predicted octanol–water partition coefficient (Wildman–Crippen LogP) is 3.99. The summed E-state index contributed by atoms with van der Waals surface area (Å²) in [5.74, 6) is 0. The number of hydrogen-bond donors (Lipinski definition) is 1. The largest absolute Gasteiger partial charge is 0.311 e. The highest BCUT2D eigenvalue weighted by Crippen LogP contribution is 2.24. The van der Waals surface area contributed by atoms with Crippen LogP contribution in [0.1, 0.15) is 57.6 Å². The van der Waals surface area contributed by atoms with Crippen LogP contribution in [0.25, 0.3) is 0 Å². The predicted molar refractivity (Wildman–Crippen MR) is 87.0 cm³/mol. The molecule has 1 heterocycles. The molecule has 1 aliphatic rings. The molecule has 1 aromatic carbocycles. The van der Waals surface area contributed by atoms with Crippen molar-refractivity contribution in [3.8, 4) is 0 Å². The van der Waals surface area contributed by atoms with Gasteiger partial charge in [-0.05, 0) is 24.9 Å². The van der Waals surface area contributed by atoms with Crippen molar-refractivity contribution in [3.63, 3.8) is 0 Å². The highest BCUT2D eigenvalue weighted by atomic mass is 15.2. The van der Waals surface area contributed by atoms with Gasteiger partial charge in [-0.25, -0.2) is 0 Å². The lowest BCUT2D eigenvalue weighted by molar-refractivity contribution is 0.126. The van der Waals surface area contributed by atoms with Gasteiger partial charge in [-0.3, -0.25) is 4.90 Å². The highest BCUT2D eigenvalue weighted by Gasteiger charge is 2.27. The summed E-state index contributed by atoms with van der Waals surface area (Å²) in [6, 6.07) is 12.2. The van der Waals surface area contributed by atoms with Crippen LogP contribution in [0, 0.1) is 0 Å². The van der Waals surface area contributed by atoms with Gasteiger partial charge in [0.15, 0.2) is 0 Å². The fraction of sp³-hybridized carbons (Fsp3) is 0.667. The Morgan fingerprint density at radius 2 is 1.90 bits per heavy atom. The van der Waals surface area contributed by atoms with Crippen LogP contribution in [0.5, 0.6) is 0 Å². The first-order valence-corrected chi connectivity index (χ1v) is 8.37. The molecule has 1 N–H and O–H groups in total. The minimum absolute atomic E-state index is 0.556. The van der Waals surface area contributed by atoms with E-state index in [0.717, 1.165) is 6.54 Å². The summed E-state index contributed by atoms with van der Waals surface area (Å²) in [6.45, 7) is 8.11. The number of benzene rings is 1. The van der Waals surface area contributed by atoms with Crippen LogP contribution in [0.2, 0.25) is 0 Å². The normalized spacial score (nSPS) is 23.9. The summed E-state index contributed by atoms with van der Waals surface area (Å²) in [5.41, 5.74) is 1.46. The monoisotopic (exact) mass is 274 g/mol. The van der Waals surface area contributed by atoms with Gasteiger partial charge in [-0.2, -0.15) is 0 Å². The van der Waals surface area contributed by atoms with Crippen LogP contribution in [-0.2, 0) is 0 Å². The molecule has 2 unspecified atom stereocenters. The molecule has 112 valence electrons. The SMILES string of the molecule is CCCCCCN1CC(CC)NCC1c1ccccc1. The minimum atomic E-state index is 0.556. The molecule has 0 saturated carbocycles. The molecule has 20 heavy (non-hydrogen) atoms. The Morgan fingerprint density at radius 3 is 2.60 bits per heavy atom. The van der Waals surface area contributed by atoms with E-state index in [0.29, 0.717) is 12.1 Å².